The molecule has 0 unspecified atom stereocenters. The van der Waals surface area contributed by atoms with Gasteiger partial charge in [0.05, 0.1) is 16.6 Å². The third-order valence-corrected chi connectivity index (χ3v) is 6.44. The van der Waals surface area contributed by atoms with Gasteiger partial charge in [-0.15, -0.1) is 0 Å². The van der Waals surface area contributed by atoms with E-state index in [-0.39, 0.29) is 17.7 Å². The van der Waals surface area contributed by atoms with E-state index in [1.54, 1.807) is 6.92 Å². The number of nitrogens with zero attached hydrogens (tertiary/aromatic N) is 5. The summed E-state index contributed by atoms with van der Waals surface area (Å²) >= 11 is 0. The Kier molecular flexibility index (Phi) is 6.97. The van der Waals surface area contributed by atoms with E-state index in [1.807, 2.05) is 60.9 Å². The average molecular weight is 464 g/mol. The smallest absolute Gasteiger partial charge is 0.259 e. The van der Waals surface area contributed by atoms with Gasteiger partial charge >= 0.3 is 0 Å². The highest BCUT2D eigenvalue weighted by Gasteiger charge is 2.26. The maximum absolute atomic E-state index is 14.0. The lowest BCUT2D eigenvalue weighted by Gasteiger charge is -2.27. The van der Waals surface area contributed by atoms with Crippen LogP contribution in [0.3, 0.4) is 0 Å². The molecular weight excluding hydrogens is 430 g/mol. The first-order valence-corrected chi connectivity index (χ1v) is 11.9. The average Bonchev–Trinajstić information content (AvgIpc) is 3.17. The summed E-state index contributed by atoms with van der Waals surface area (Å²) in [5, 5.41) is 4.74. The van der Waals surface area contributed by atoms with Crippen LogP contribution in [-0.4, -0.2) is 65.0 Å². The number of hydrogen-bond acceptors (Lipinski definition) is 6. The van der Waals surface area contributed by atoms with Gasteiger partial charge in [-0.05, 0) is 50.6 Å². The van der Waals surface area contributed by atoms with Crippen molar-refractivity contribution in [2.45, 2.75) is 46.6 Å². The summed E-state index contributed by atoms with van der Waals surface area (Å²) in [6, 6.07) is 9.74. The summed E-state index contributed by atoms with van der Waals surface area (Å²) < 4.78 is 5.44. The second kappa shape index (κ2) is 9.93. The van der Waals surface area contributed by atoms with Crippen LogP contribution in [0.4, 0.5) is 5.69 Å². The fourth-order valence-electron chi connectivity index (χ4n) is 4.46. The van der Waals surface area contributed by atoms with Crippen molar-refractivity contribution in [2.24, 2.45) is 0 Å². The van der Waals surface area contributed by atoms with E-state index in [2.05, 4.69) is 22.1 Å². The molecule has 8 nitrogen and oxygen atoms in total. The molecule has 3 heterocycles. The van der Waals surface area contributed by atoms with E-state index < -0.39 is 0 Å². The second-order valence-corrected chi connectivity index (χ2v) is 9.38. The number of aromatic nitrogens is 2. The number of hydrogen-bond donors (Lipinski definition) is 0. The van der Waals surface area contributed by atoms with Gasteiger partial charge in [0.25, 0.3) is 11.6 Å². The quantitative estimate of drug-likeness (QED) is 0.572. The van der Waals surface area contributed by atoms with Gasteiger partial charge in [0.2, 0.25) is 5.91 Å². The fraction of sp³-hybridized carbons (Fsp3) is 0.462. The number of fused-ring (bicyclic) bond motifs is 2. The van der Waals surface area contributed by atoms with Gasteiger partial charge < -0.3 is 19.2 Å². The number of carbonyl (C=O) groups is 2. The third kappa shape index (κ3) is 4.82. The minimum atomic E-state index is -0.0857. The first-order chi connectivity index (χ1) is 16.3. The van der Waals surface area contributed by atoms with Crippen LogP contribution in [-0.2, 0) is 11.3 Å². The zero-order chi connectivity index (χ0) is 24.4. The molecule has 0 atom stereocenters. The molecule has 0 saturated carbocycles. The molecule has 180 valence electrons. The van der Waals surface area contributed by atoms with Crippen LogP contribution >= 0.6 is 0 Å². The van der Waals surface area contributed by atoms with Gasteiger partial charge in [-0.1, -0.05) is 37.2 Å². The predicted molar refractivity (Wildman–Crippen MR) is 132 cm³/mol. The number of rotatable bonds is 2. The summed E-state index contributed by atoms with van der Waals surface area (Å²) in [6.45, 7) is 10.7. The van der Waals surface area contributed by atoms with Crippen molar-refractivity contribution < 1.29 is 14.1 Å². The van der Waals surface area contributed by atoms with E-state index in [0.717, 1.165) is 36.5 Å². The summed E-state index contributed by atoms with van der Waals surface area (Å²) in [5.41, 5.74) is 4.22. The zero-order valence-corrected chi connectivity index (χ0v) is 20.7. The van der Waals surface area contributed by atoms with Gasteiger partial charge in [0.15, 0.2) is 0 Å². The Morgan fingerprint density at radius 2 is 1.85 bits per heavy atom. The molecule has 0 bridgehead atoms. The molecule has 1 aliphatic heterocycles. The molecule has 0 radical (unpaired) electrons. The molecule has 2 aromatic heterocycles. The lowest BCUT2D eigenvalue weighted by molar-refractivity contribution is -0.116. The molecule has 34 heavy (non-hydrogen) atoms. The molecule has 4 rings (SSSR count). The van der Waals surface area contributed by atoms with Crippen molar-refractivity contribution in [1.82, 2.24) is 19.9 Å². The van der Waals surface area contributed by atoms with Crippen LogP contribution in [0.5, 0.6) is 0 Å². The van der Waals surface area contributed by atoms with Crippen molar-refractivity contribution in [2.75, 3.05) is 38.1 Å². The standard InChI is InChI=1S/C26H33N5O3/c1-17(2)22-15-21(24-18(3)28-34-25(24)27-22)26(33)30-14-13-29(5)11-8-12-31(19(4)32)23-10-7-6-9-20(23)16-30/h6-7,9-10,15,17H,8,11-14,16H2,1-5H3. The number of benzene rings is 1. The molecular formula is C26H33N5O3. The second-order valence-electron chi connectivity index (χ2n) is 9.38. The van der Waals surface area contributed by atoms with Gasteiger partial charge in [-0.25, -0.2) is 4.98 Å². The number of para-hydroxylation sites is 1. The molecule has 0 fully saturated rings. The topological polar surface area (TPSA) is 82.8 Å². The number of likely N-dealkylation sites (N-methyl/N-ethyl adjacent to an activating group) is 1. The lowest BCUT2D eigenvalue weighted by Crippen LogP contribution is -2.37. The largest absolute Gasteiger partial charge is 0.336 e. The Morgan fingerprint density at radius 3 is 2.59 bits per heavy atom. The van der Waals surface area contributed by atoms with E-state index >= 15 is 0 Å². The number of pyridine rings is 1. The monoisotopic (exact) mass is 463 g/mol. The third-order valence-electron chi connectivity index (χ3n) is 6.44. The number of amides is 2. The first kappa shape index (κ1) is 23.9. The van der Waals surface area contributed by atoms with E-state index in [9.17, 15) is 9.59 Å². The van der Waals surface area contributed by atoms with Crippen molar-refractivity contribution in [3.63, 3.8) is 0 Å². The Bertz CT molecular complexity index is 1200. The number of anilines is 1. The molecule has 3 aromatic rings. The summed E-state index contributed by atoms with van der Waals surface area (Å²) in [4.78, 5) is 37.0. The number of aryl methyl sites for hydroxylation is 1. The zero-order valence-electron chi connectivity index (χ0n) is 20.7. The Labute approximate surface area is 200 Å². The van der Waals surface area contributed by atoms with Crippen LogP contribution < -0.4 is 4.90 Å². The van der Waals surface area contributed by atoms with Gasteiger partial charge in [-0.3, -0.25) is 9.59 Å². The first-order valence-electron chi connectivity index (χ1n) is 11.9. The molecule has 0 aliphatic carbocycles. The van der Waals surface area contributed by atoms with Gasteiger partial charge in [0.1, 0.15) is 0 Å². The highest BCUT2D eigenvalue weighted by molar-refractivity contribution is 6.06. The molecule has 0 spiro atoms. The molecule has 1 aromatic carbocycles. The lowest BCUT2D eigenvalue weighted by atomic mass is 10.0. The van der Waals surface area contributed by atoms with Crippen molar-refractivity contribution in [3.05, 3.63) is 52.8 Å². The van der Waals surface area contributed by atoms with Crippen LogP contribution in [0, 0.1) is 6.92 Å². The van der Waals surface area contributed by atoms with E-state index in [1.165, 1.54) is 0 Å². The van der Waals surface area contributed by atoms with Crippen molar-refractivity contribution in [3.8, 4) is 0 Å². The summed E-state index contributed by atoms with van der Waals surface area (Å²) in [5.74, 6) is 0.0575. The number of carbonyl (C=O) groups excluding carboxylic acids is 2. The van der Waals surface area contributed by atoms with Crippen molar-refractivity contribution in [1.29, 1.82) is 0 Å². The normalized spacial score (nSPS) is 15.9. The minimum Gasteiger partial charge on any atom is -0.336 e. The van der Waals surface area contributed by atoms with Crippen molar-refractivity contribution >= 4 is 28.6 Å². The fourth-order valence-corrected chi connectivity index (χ4v) is 4.46. The molecule has 0 N–H and O–H groups in total. The Hall–Kier alpha value is -3.26. The molecule has 1 aliphatic rings. The molecule has 0 saturated heterocycles. The van der Waals surface area contributed by atoms with Gasteiger partial charge in [0, 0.05) is 44.5 Å². The highest BCUT2D eigenvalue weighted by Crippen LogP contribution is 2.28. The minimum absolute atomic E-state index is 0.00439. The van der Waals surface area contributed by atoms with Crippen LogP contribution in [0.1, 0.15) is 60.4 Å². The Morgan fingerprint density at radius 1 is 1.09 bits per heavy atom. The highest BCUT2D eigenvalue weighted by atomic mass is 16.5. The maximum Gasteiger partial charge on any atom is 0.259 e. The maximum atomic E-state index is 14.0. The predicted octanol–water partition coefficient (Wildman–Crippen LogP) is 3.99. The van der Waals surface area contributed by atoms with E-state index in [4.69, 9.17) is 4.52 Å². The van der Waals surface area contributed by atoms with Crippen LogP contribution in [0.25, 0.3) is 11.1 Å². The van der Waals surface area contributed by atoms with E-state index in [0.29, 0.717) is 42.0 Å². The Balaban J connectivity index is 1.79. The molecule has 8 heteroatoms. The van der Waals surface area contributed by atoms with Gasteiger partial charge in [-0.2, -0.15) is 0 Å². The molecule has 2 amide bonds. The summed E-state index contributed by atoms with van der Waals surface area (Å²) in [6.07, 6.45) is 0.862. The van der Waals surface area contributed by atoms with Crippen LogP contribution in [0.15, 0.2) is 34.9 Å². The van der Waals surface area contributed by atoms with Crippen LogP contribution in [0.2, 0.25) is 0 Å². The summed E-state index contributed by atoms with van der Waals surface area (Å²) in [7, 11) is 2.05. The SMILES string of the molecule is CC(=O)N1CCCN(C)CCN(C(=O)c2cc(C(C)C)nc3onc(C)c23)Cc2ccccc21.